The van der Waals surface area contributed by atoms with Gasteiger partial charge in [0.15, 0.2) is 0 Å². The Hall–Kier alpha value is -1.75. The topological polar surface area (TPSA) is 87.6 Å². The highest BCUT2D eigenvalue weighted by Crippen LogP contribution is 2.29. The van der Waals surface area contributed by atoms with Gasteiger partial charge in [0.2, 0.25) is 5.91 Å². The number of anilines is 1. The average Bonchev–Trinajstić information content (AvgIpc) is 2.41. The first-order valence-corrected chi connectivity index (χ1v) is 6.49. The highest BCUT2D eigenvalue weighted by Gasteiger charge is 2.23. The number of methoxy groups -OCH3 is 1. The molecule has 104 valence electrons. The first-order chi connectivity index (χ1) is 9.10. The third-order valence-corrected chi connectivity index (χ3v) is 3.50. The van der Waals surface area contributed by atoms with E-state index in [0.717, 1.165) is 25.7 Å². The lowest BCUT2D eigenvalue weighted by molar-refractivity contribution is 0.0212. The van der Waals surface area contributed by atoms with Gasteiger partial charge in [-0.3, -0.25) is 4.79 Å². The highest BCUT2D eigenvalue weighted by atomic mass is 16.5. The van der Waals surface area contributed by atoms with Crippen LogP contribution in [0.2, 0.25) is 0 Å². The summed E-state index contributed by atoms with van der Waals surface area (Å²) in [4.78, 5) is 11.0. The van der Waals surface area contributed by atoms with Gasteiger partial charge in [-0.15, -0.1) is 0 Å². The lowest BCUT2D eigenvalue weighted by Gasteiger charge is -2.29. The lowest BCUT2D eigenvalue weighted by atomic mass is 9.95. The van der Waals surface area contributed by atoms with Crippen LogP contribution in [0.25, 0.3) is 0 Å². The van der Waals surface area contributed by atoms with Gasteiger partial charge >= 0.3 is 0 Å². The summed E-state index contributed by atoms with van der Waals surface area (Å²) in [6.45, 7) is 0. The summed E-state index contributed by atoms with van der Waals surface area (Å²) in [5.74, 6) is 0.113. The van der Waals surface area contributed by atoms with Gasteiger partial charge in [-0.2, -0.15) is 0 Å². The number of ether oxygens (including phenoxy) is 2. The number of carbonyl (C=O) groups is 1. The molecule has 0 aliphatic heterocycles. The molecule has 1 amide bonds. The van der Waals surface area contributed by atoms with E-state index >= 15 is 0 Å². The zero-order valence-corrected chi connectivity index (χ0v) is 11.1. The third-order valence-electron chi connectivity index (χ3n) is 3.50. The molecule has 0 heterocycles. The van der Waals surface area contributed by atoms with Gasteiger partial charge in [-0.05, 0) is 37.5 Å². The normalized spacial score (nSPS) is 23.0. The van der Waals surface area contributed by atoms with Gasteiger partial charge in [0, 0.05) is 19.1 Å². The van der Waals surface area contributed by atoms with Gasteiger partial charge in [0.25, 0.3) is 0 Å². The Morgan fingerprint density at radius 3 is 2.68 bits per heavy atom. The van der Waals surface area contributed by atoms with Gasteiger partial charge in [-0.25, -0.2) is 0 Å². The van der Waals surface area contributed by atoms with E-state index < -0.39 is 5.91 Å². The number of hydrogen-bond donors (Lipinski definition) is 2. The van der Waals surface area contributed by atoms with Crippen molar-refractivity contribution in [3.05, 3.63) is 23.8 Å². The molecule has 1 aromatic carbocycles. The molecule has 1 aromatic rings. The number of hydrogen-bond acceptors (Lipinski definition) is 4. The molecule has 2 unspecified atom stereocenters. The minimum Gasteiger partial charge on any atom is -0.488 e. The average molecular weight is 264 g/mol. The van der Waals surface area contributed by atoms with Crippen LogP contribution in [0.5, 0.6) is 5.75 Å². The number of nitrogens with two attached hydrogens (primary N) is 2. The van der Waals surface area contributed by atoms with Crippen LogP contribution in [0.4, 0.5) is 5.69 Å². The van der Waals surface area contributed by atoms with Crippen molar-refractivity contribution >= 4 is 11.6 Å². The van der Waals surface area contributed by atoms with Crippen molar-refractivity contribution in [3.8, 4) is 5.75 Å². The Morgan fingerprint density at radius 1 is 1.32 bits per heavy atom. The third kappa shape index (κ3) is 3.38. The largest absolute Gasteiger partial charge is 0.488 e. The molecular weight excluding hydrogens is 244 g/mol. The van der Waals surface area contributed by atoms with Crippen molar-refractivity contribution in [2.24, 2.45) is 5.73 Å². The molecule has 4 N–H and O–H groups in total. The monoisotopic (exact) mass is 264 g/mol. The van der Waals surface area contributed by atoms with Crippen molar-refractivity contribution < 1.29 is 14.3 Å². The summed E-state index contributed by atoms with van der Waals surface area (Å²) in [5, 5.41) is 0. The molecule has 0 bridgehead atoms. The maximum absolute atomic E-state index is 11.0. The Kier molecular flexibility index (Phi) is 4.27. The van der Waals surface area contributed by atoms with E-state index in [9.17, 15) is 4.79 Å². The van der Waals surface area contributed by atoms with Crippen LogP contribution in [-0.2, 0) is 4.74 Å². The minimum atomic E-state index is -0.490. The lowest BCUT2D eigenvalue weighted by Crippen LogP contribution is -2.29. The maximum atomic E-state index is 11.0. The van der Waals surface area contributed by atoms with Crippen LogP contribution in [-0.4, -0.2) is 25.2 Å². The van der Waals surface area contributed by atoms with Crippen LogP contribution in [0.15, 0.2) is 18.2 Å². The number of primary amides is 1. The second-order valence-corrected chi connectivity index (χ2v) is 4.88. The molecule has 2 atom stereocenters. The fourth-order valence-corrected chi connectivity index (χ4v) is 2.41. The highest BCUT2D eigenvalue weighted by molar-refractivity contribution is 5.94. The molecule has 0 spiro atoms. The first-order valence-electron chi connectivity index (χ1n) is 6.49. The molecule has 1 fully saturated rings. The molecule has 2 rings (SSSR count). The molecule has 0 radical (unpaired) electrons. The van der Waals surface area contributed by atoms with Crippen LogP contribution in [0.3, 0.4) is 0 Å². The van der Waals surface area contributed by atoms with Crippen molar-refractivity contribution in [3.63, 3.8) is 0 Å². The van der Waals surface area contributed by atoms with E-state index in [4.69, 9.17) is 20.9 Å². The van der Waals surface area contributed by atoms with E-state index in [-0.39, 0.29) is 12.2 Å². The molecule has 19 heavy (non-hydrogen) atoms. The molecule has 1 saturated carbocycles. The number of rotatable bonds is 4. The van der Waals surface area contributed by atoms with Gasteiger partial charge in [0.1, 0.15) is 11.9 Å². The standard InChI is InChI=1S/C14H20N2O3/c1-18-10-3-2-4-11(8-10)19-13-6-5-9(14(16)17)7-12(13)15/h5-7,10-11H,2-4,8,15H2,1H3,(H2,16,17). The molecule has 1 aliphatic rings. The molecule has 5 nitrogen and oxygen atoms in total. The molecular formula is C14H20N2O3. The van der Waals surface area contributed by atoms with E-state index in [1.807, 2.05) is 0 Å². The second kappa shape index (κ2) is 5.93. The summed E-state index contributed by atoms with van der Waals surface area (Å²) in [7, 11) is 1.73. The Bertz CT molecular complexity index is 462. The fraction of sp³-hybridized carbons (Fsp3) is 0.500. The van der Waals surface area contributed by atoms with Crippen LogP contribution in [0, 0.1) is 0 Å². The number of benzene rings is 1. The smallest absolute Gasteiger partial charge is 0.248 e. The van der Waals surface area contributed by atoms with E-state index in [2.05, 4.69) is 0 Å². The Morgan fingerprint density at radius 2 is 2.05 bits per heavy atom. The quantitative estimate of drug-likeness (QED) is 0.810. The van der Waals surface area contributed by atoms with Crippen molar-refractivity contribution in [1.82, 2.24) is 0 Å². The SMILES string of the molecule is COC1CCCC(Oc2ccc(C(N)=O)cc2N)C1. The second-order valence-electron chi connectivity index (χ2n) is 4.88. The summed E-state index contributed by atoms with van der Waals surface area (Å²) < 4.78 is 11.3. The Labute approximate surface area is 112 Å². The van der Waals surface area contributed by atoms with E-state index in [0.29, 0.717) is 17.0 Å². The molecule has 0 aromatic heterocycles. The van der Waals surface area contributed by atoms with E-state index in [1.165, 1.54) is 0 Å². The number of carbonyl (C=O) groups excluding carboxylic acids is 1. The van der Waals surface area contributed by atoms with Crippen LogP contribution >= 0.6 is 0 Å². The van der Waals surface area contributed by atoms with Crippen LogP contribution in [0.1, 0.15) is 36.0 Å². The minimum absolute atomic E-state index is 0.112. The fourth-order valence-electron chi connectivity index (χ4n) is 2.41. The van der Waals surface area contributed by atoms with Crippen LogP contribution < -0.4 is 16.2 Å². The maximum Gasteiger partial charge on any atom is 0.248 e. The van der Waals surface area contributed by atoms with Gasteiger partial charge in [0.05, 0.1) is 11.8 Å². The predicted molar refractivity (Wildman–Crippen MR) is 73.1 cm³/mol. The van der Waals surface area contributed by atoms with Gasteiger partial charge < -0.3 is 20.9 Å². The Balaban J connectivity index is 2.04. The van der Waals surface area contributed by atoms with Crippen molar-refractivity contribution in [2.45, 2.75) is 37.9 Å². The number of nitrogen functional groups attached to an aromatic ring is 1. The first kappa shape index (κ1) is 13.7. The predicted octanol–water partition coefficient (Wildman–Crippen LogP) is 1.70. The van der Waals surface area contributed by atoms with Gasteiger partial charge in [-0.1, -0.05) is 0 Å². The summed E-state index contributed by atoms with van der Waals surface area (Å²) >= 11 is 0. The summed E-state index contributed by atoms with van der Waals surface area (Å²) in [6, 6.07) is 4.88. The zero-order valence-electron chi connectivity index (χ0n) is 11.1. The number of amides is 1. The summed E-state index contributed by atoms with van der Waals surface area (Å²) in [5.41, 5.74) is 11.9. The molecule has 5 heteroatoms. The van der Waals surface area contributed by atoms with E-state index in [1.54, 1.807) is 25.3 Å². The molecule has 0 saturated heterocycles. The van der Waals surface area contributed by atoms with Crippen molar-refractivity contribution in [1.29, 1.82) is 0 Å². The summed E-state index contributed by atoms with van der Waals surface area (Å²) in [6.07, 6.45) is 4.39. The van der Waals surface area contributed by atoms with Crippen molar-refractivity contribution in [2.75, 3.05) is 12.8 Å². The zero-order chi connectivity index (χ0) is 13.8. The molecule has 1 aliphatic carbocycles.